The summed E-state index contributed by atoms with van der Waals surface area (Å²) in [5, 5.41) is 15.6. The van der Waals surface area contributed by atoms with E-state index in [-0.39, 0.29) is 6.17 Å². The Bertz CT molecular complexity index is 1420. The van der Waals surface area contributed by atoms with E-state index < -0.39 is 5.60 Å². The summed E-state index contributed by atoms with van der Waals surface area (Å²) in [4.78, 5) is 15.1. The normalized spacial score (nSPS) is 16.1. The number of rotatable bonds is 4. The van der Waals surface area contributed by atoms with E-state index in [0.717, 1.165) is 61.9 Å². The first-order chi connectivity index (χ1) is 16.1. The molecule has 3 aromatic heterocycles. The highest BCUT2D eigenvalue weighted by Crippen LogP contribution is 2.42. The molecule has 1 aromatic carbocycles. The summed E-state index contributed by atoms with van der Waals surface area (Å²) >= 11 is 0. The molecule has 8 heteroatoms. The molecule has 1 atom stereocenters. The van der Waals surface area contributed by atoms with Gasteiger partial charge < -0.3 is 24.3 Å². The predicted molar refractivity (Wildman–Crippen MR) is 133 cm³/mol. The molecule has 0 saturated carbocycles. The third-order valence-corrected chi connectivity index (χ3v) is 6.53. The Morgan fingerprint density at radius 1 is 1.18 bits per heavy atom. The zero-order valence-electron chi connectivity index (χ0n) is 20.5. The number of nitrogens with one attached hydrogen (secondary N) is 1. The van der Waals surface area contributed by atoms with Crippen LogP contribution in [-0.2, 0) is 5.60 Å². The molecule has 5 rings (SSSR count). The van der Waals surface area contributed by atoms with Crippen LogP contribution in [0.5, 0.6) is 5.75 Å². The van der Waals surface area contributed by atoms with Crippen molar-refractivity contribution in [2.45, 2.75) is 46.4 Å². The van der Waals surface area contributed by atoms with E-state index in [1.807, 2.05) is 39.1 Å². The van der Waals surface area contributed by atoms with E-state index >= 15 is 0 Å². The molecule has 0 radical (unpaired) electrons. The standard InChI is InChI=1S/C26H29N5O3/c1-13-22(14(2)34-30-13)18-11-19-17(12-20(18)33-7)23-24(28-15(3)31(6)25(23)29-19)16-8-9-27-21(10-16)26(4,5)32/h8-12,15,29,32H,1-7H3. The molecular formula is C26H29N5O3. The number of aromatic amines is 1. The molecule has 0 spiro atoms. The van der Waals surface area contributed by atoms with Gasteiger partial charge in [-0.3, -0.25) is 9.98 Å². The topological polar surface area (TPSA) is 99.8 Å². The highest BCUT2D eigenvalue weighted by Gasteiger charge is 2.30. The number of ether oxygens (including phenoxy) is 1. The van der Waals surface area contributed by atoms with Crippen LogP contribution in [0, 0.1) is 13.8 Å². The van der Waals surface area contributed by atoms with Gasteiger partial charge in [-0.25, -0.2) is 0 Å². The minimum Gasteiger partial charge on any atom is -0.496 e. The summed E-state index contributed by atoms with van der Waals surface area (Å²) < 4.78 is 11.2. The summed E-state index contributed by atoms with van der Waals surface area (Å²) in [6, 6.07) is 7.98. The van der Waals surface area contributed by atoms with Gasteiger partial charge in [0.1, 0.15) is 29.1 Å². The quantitative estimate of drug-likeness (QED) is 0.459. The van der Waals surface area contributed by atoms with Crippen molar-refractivity contribution in [2.24, 2.45) is 4.99 Å². The average Bonchev–Trinajstić information content (AvgIpc) is 3.34. The van der Waals surface area contributed by atoms with Gasteiger partial charge in [0.05, 0.1) is 35.3 Å². The van der Waals surface area contributed by atoms with E-state index in [4.69, 9.17) is 14.3 Å². The maximum atomic E-state index is 10.5. The number of hydrogen-bond donors (Lipinski definition) is 2. The van der Waals surface area contributed by atoms with Gasteiger partial charge in [-0.15, -0.1) is 0 Å². The zero-order valence-corrected chi connectivity index (χ0v) is 20.5. The van der Waals surface area contributed by atoms with Crippen LogP contribution in [0.3, 0.4) is 0 Å². The second-order valence-electron chi connectivity index (χ2n) is 9.36. The maximum Gasteiger partial charge on any atom is 0.141 e. The number of aliphatic hydroxyl groups is 1. The number of nitrogens with zero attached hydrogens (tertiary/aromatic N) is 4. The average molecular weight is 460 g/mol. The zero-order chi connectivity index (χ0) is 24.4. The molecule has 34 heavy (non-hydrogen) atoms. The van der Waals surface area contributed by atoms with Crippen LogP contribution in [-0.4, -0.2) is 46.3 Å². The maximum absolute atomic E-state index is 10.5. The molecule has 4 heterocycles. The Labute approximate surface area is 198 Å². The monoisotopic (exact) mass is 459 g/mol. The van der Waals surface area contributed by atoms with Crippen LogP contribution < -0.4 is 9.64 Å². The number of benzene rings is 1. The third kappa shape index (κ3) is 3.37. The van der Waals surface area contributed by atoms with E-state index in [1.165, 1.54) is 0 Å². The molecule has 0 saturated heterocycles. The summed E-state index contributed by atoms with van der Waals surface area (Å²) in [5.41, 5.74) is 5.93. The molecule has 1 aliphatic rings. The number of methoxy groups -OCH3 is 1. The highest BCUT2D eigenvalue weighted by atomic mass is 16.5. The van der Waals surface area contributed by atoms with Gasteiger partial charge in [0.2, 0.25) is 0 Å². The Morgan fingerprint density at radius 3 is 2.59 bits per heavy atom. The first-order valence-electron chi connectivity index (χ1n) is 11.3. The van der Waals surface area contributed by atoms with Crippen molar-refractivity contribution in [3.63, 3.8) is 0 Å². The number of pyridine rings is 1. The van der Waals surface area contributed by atoms with Crippen molar-refractivity contribution >= 4 is 22.4 Å². The molecule has 1 aliphatic heterocycles. The molecule has 4 aromatic rings. The number of H-pyrrole nitrogens is 1. The Balaban J connectivity index is 1.76. The second-order valence-corrected chi connectivity index (χ2v) is 9.36. The molecule has 1 unspecified atom stereocenters. The van der Waals surface area contributed by atoms with Crippen LogP contribution in [0.15, 0.2) is 40.0 Å². The minimum atomic E-state index is -1.05. The number of hydrogen-bond acceptors (Lipinski definition) is 7. The van der Waals surface area contributed by atoms with Crippen LogP contribution >= 0.6 is 0 Å². The molecule has 0 amide bonds. The van der Waals surface area contributed by atoms with Crippen LogP contribution in [0.2, 0.25) is 0 Å². The lowest BCUT2D eigenvalue weighted by molar-refractivity contribution is 0.0738. The van der Waals surface area contributed by atoms with Gasteiger partial charge in [0, 0.05) is 35.3 Å². The molecule has 8 nitrogen and oxygen atoms in total. The first-order valence-corrected chi connectivity index (χ1v) is 11.3. The second kappa shape index (κ2) is 7.70. The number of fused-ring (bicyclic) bond motifs is 3. The largest absolute Gasteiger partial charge is 0.496 e. The molecule has 0 bridgehead atoms. The smallest absolute Gasteiger partial charge is 0.141 e. The van der Waals surface area contributed by atoms with Crippen LogP contribution in [0.1, 0.15) is 49.0 Å². The predicted octanol–water partition coefficient (Wildman–Crippen LogP) is 4.70. The number of aromatic nitrogens is 3. The van der Waals surface area contributed by atoms with Gasteiger partial charge in [0.15, 0.2) is 0 Å². The van der Waals surface area contributed by atoms with Crippen molar-refractivity contribution in [3.05, 3.63) is 58.7 Å². The fourth-order valence-electron chi connectivity index (χ4n) is 4.60. The van der Waals surface area contributed by atoms with Gasteiger partial charge in [-0.2, -0.15) is 0 Å². The van der Waals surface area contributed by atoms with Crippen molar-refractivity contribution in [2.75, 3.05) is 19.1 Å². The molecule has 0 fully saturated rings. The van der Waals surface area contributed by atoms with Gasteiger partial charge in [-0.1, -0.05) is 5.16 Å². The summed E-state index contributed by atoms with van der Waals surface area (Å²) in [5.74, 6) is 2.46. The molecule has 2 N–H and O–H groups in total. The van der Waals surface area contributed by atoms with Crippen LogP contribution in [0.4, 0.5) is 5.82 Å². The van der Waals surface area contributed by atoms with Crippen LogP contribution in [0.25, 0.3) is 22.0 Å². The Morgan fingerprint density at radius 2 is 1.94 bits per heavy atom. The molecular weight excluding hydrogens is 430 g/mol. The van der Waals surface area contributed by atoms with Crippen molar-refractivity contribution in [1.29, 1.82) is 0 Å². The lowest BCUT2D eigenvalue weighted by atomic mass is 9.94. The van der Waals surface area contributed by atoms with Crippen molar-refractivity contribution < 1.29 is 14.4 Å². The molecule has 176 valence electrons. The lowest BCUT2D eigenvalue weighted by Crippen LogP contribution is -2.34. The van der Waals surface area contributed by atoms with Gasteiger partial charge >= 0.3 is 0 Å². The highest BCUT2D eigenvalue weighted by molar-refractivity contribution is 6.24. The first kappa shape index (κ1) is 22.2. The summed E-state index contributed by atoms with van der Waals surface area (Å²) in [7, 11) is 3.70. The van der Waals surface area contributed by atoms with E-state index in [9.17, 15) is 5.11 Å². The van der Waals surface area contributed by atoms with Gasteiger partial charge in [0.25, 0.3) is 0 Å². The number of aryl methyl sites for hydroxylation is 2. The Hall–Kier alpha value is -3.65. The number of aliphatic imine (C=N–C) groups is 1. The number of anilines is 1. The SMILES string of the molecule is COc1cc2c3c([nH]c2cc1-c1c(C)noc1C)N(C)C(C)N=C3c1ccnc(C(C)(C)O)c1. The lowest BCUT2D eigenvalue weighted by Gasteiger charge is -2.30. The van der Waals surface area contributed by atoms with Crippen molar-refractivity contribution in [3.8, 4) is 16.9 Å². The molecule has 0 aliphatic carbocycles. The third-order valence-electron chi connectivity index (χ3n) is 6.53. The summed E-state index contributed by atoms with van der Waals surface area (Å²) in [6.07, 6.45) is 1.65. The van der Waals surface area contributed by atoms with Crippen molar-refractivity contribution in [1.82, 2.24) is 15.1 Å². The van der Waals surface area contributed by atoms with Gasteiger partial charge in [-0.05, 0) is 58.9 Å². The minimum absolute atomic E-state index is 0.0711. The van der Waals surface area contributed by atoms with E-state index in [2.05, 4.69) is 33.0 Å². The fraction of sp³-hybridized carbons (Fsp3) is 0.346. The van der Waals surface area contributed by atoms with E-state index in [1.54, 1.807) is 27.2 Å². The fourth-order valence-corrected chi connectivity index (χ4v) is 4.60. The van der Waals surface area contributed by atoms with E-state index in [0.29, 0.717) is 5.69 Å². The Kier molecular flexibility index (Phi) is 5.02. The summed E-state index contributed by atoms with van der Waals surface area (Å²) in [6.45, 7) is 9.36.